The average Bonchev–Trinajstić information content (AvgIpc) is 3.34. The molecule has 0 bridgehead atoms. The molecule has 2 N–H and O–H groups in total. The highest BCUT2D eigenvalue weighted by molar-refractivity contribution is 7.08. The van der Waals surface area contributed by atoms with Crippen LogP contribution in [0.4, 0.5) is 5.69 Å². The van der Waals surface area contributed by atoms with Crippen molar-refractivity contribution >= 4 is 28.8 Å². The SMILES string of the molecule is Cn1cc(N2CCC(NC(=O)c3cn[nH]c3-c3ccsc3)C2=O)cn1. The maximum absolute atomic E-state index is 12.6. The van der Waals surface area contributed by atoms with Crippen molar-refractivity contribution in [3.63, 3.8) is 0 Å². The van der Waals surface area contributed by atoms with Crippen LogP contribution < -0.4 is 10.2 Å². The molecule has 3 aromatic heterocycles. The third kappa shape index (κ3) is 2.82. The lowest BCUT2D eigenvalue weighted by atomic mass is 10.1. The van der Waals surface area contributed by atoms with Gasteiger partial charge < -0.3 is 10.2 Å². The van der Waals surface area contributed by atoms with Crippen LogP contribution in [0.25, 0.3) is 11.3 Å². The van der Waals surface area contributed by atoms with Crippen LogP contribution in [0.1, 0.15) is 16.8 Å². The van der Waals surface area contributed by atoms with Gasteiger partial charge in [0.2, 0.25) is 5.91 Å². The van der Waals surface area contributed by atoms with E-state index in [1.165, 1.54) is 6.20 Å². The molecule has 4 heterocycles. The molecule has 1 fully saturated rings. The molecular weight excluding hydrogens is 340 g/mol. The van der Waals surface area contributed by atoms with Gasteiger partial charge in [0.1, 0.15) is 6.04 Å². The minimum absolute atomic E-state index is 0.123. The zero-order chi connectivity index (χ0) is 17.4. The van der Waals surface area contributed by atoms with Crippen molar-refractivity contribution in [3.8, 4) is 11.3 Å². The number of rotatable bonds is 4. The van der Waals surface area contributed by atoms with Gasteiger partial charge in [-0.05, 0) is 17.9 Å². The van der Waals surface area contributed by atoms with Crippen LogP contribution >= 0.6 is 11.3 Å². The summed E-state index contributed by atoms with van der Waals surface area (Å²) >= 11 is 1.54. The fourth-order valence-corrected chi connectivity index (χ4v) is 3.59. The van der Waals surface area contributed by atoms with E-state index in [0.29, 0.717) is 24.2 Å². The molecule has 128 valence electrons. The Bertz CT molecular complexity index is 913. The van der Waals surface area contributed by atoms with E-state index in [0.717, 1.165) is 11.3 Å². The molecule has 25 heavy (non-hydrogen) atoms. The zero-order valence-electron chi connectivity index (χ0n) is 13.5. The molecule has 1 aliphatic rings. The Labute approximate surface area is 147 Å². The molecule has 0 saturated carbocycles. The van der Waals surface area contributed by atoms with Crippen LogP contribution in [0, 0.1) is 0 Å². The Kier molecular flexibility index (Phi) is 3.85. The number of carbonyl (C=O) groups excluding carboxylic acids is 2. The van der Waals surface area contributed by atoms with E-state index in [2.05, 4.69) is 20.6 Å². The topological polar surface area (TPSA) is 95.9 Å². The van der Waals surface area contributed by atoms with Gasteiger partial charge in [-0.3, -0.25) is 19.4 Å². The summed E-state index contributed by atoms with van der Waals surface area (Å²) in [5.41, 5.74) is 2.74. The summed E-state index contributed by atoms with van der Waals surface area (Å²) in [6, 6.07) is 1.37. The van der Waals surface area contributed by atoms with Crippen LogP contribution in [0.3, 0.4) is 0 Å². The summed E-state index contributed by atoms with van der Waals surface area (Å²) in [5.74, 6) is -0.428. The third-order valence-corrected chi connectivity index (χ3v) is 4.89. The van der Waals surface area contributed by atoms with E-state index in [4.69, 9.17) is 0 Å². The summed E-state index contributed by atoms with van der Waals surface area (Å²) in [7, 11) is 1.80. The highest BCUT2D eigenvalue weighted by Gasteiger charge is 2.34. The smallest absolute Gasteiger partial charge is 0.255 e. The number of aryl methyl sites for hydroxylation is 1. The van der Waals surface area contributed by atoms with Gasteiger partial charge in [-0.15, -0.1) is 0 Å². The largest absolute Gasteiger partial charge is 0.340 e. The molecule has 0 spiro atoms. The van der Waals surface area contributed by atoms with Crippen molar-refractivity contribution in [1.82, 2.24) is 25.3 Å². The molecule has 0 radical (unpaired) electrons. The molecule has 3 aromatic rings. The van der Waals surface area contributed by atoms with Crippen LogP contribution in [0.2, 0.25) is 0 Å². The summed E-state index contributed by atoms with van der Waals surface area (Å²) in [6.07, 6.45) is 5.48. The normalized spacial score (nSPS) is 17.2. The first-order chi connectivity index (χ1) is 12.1. The van der Waals surface area contributed by atoms with E-state index in [-0.39, 0.29) is 11.8 Å². The fourth-order valence-electron chi connectivity index (χ4n) is 2.94. The van der Waals surface area contributed by atoms with Crippen molar-refractivity contribution in [1.29, 1.82) is 0 Å². The summed E-state index contributed by atoms with van der Waals surface area (Å²) < 4.78 is 1.65. The first-order valence-electron chi connectivity index (χ1n) is 7.80. The first-order valence-corrected chi connectivity index (χ1v) is 8.74. The summed E-state index contributed by atoms with van der Waals surface area (Å²) in [5, 5.41) is 17.6. The van der Waals surface area contributed by atoms with E-state index in [1.807, 2.05) is 16.8 Å². The molecule has 1 atom stereocenters. The lowest BCUT2D eigenvalue weighted by Crippen LogP contribution is -2.41. The molecular formula is C16H16N6O2S. The van der Waals surface area contributed by atoms with Crippen molar-refractivity contribution < 1.29 is 9.59 Å². The number of amides is 2. The van der Waals surface area contributed by atoms with Gasteiger partial charge in [-0.1, -0.05) is 0 Å². The zero-order valence-corrected chi connectivity index (χ0v) is 14.3. The van der Waals surface area contributed by atoms with Gasteiger partial charge in [0.25, 0.3) is 5.91 Å². The quantitative estimate of drug-likeness (QED) is 0.739. The highest BCUT2D eigenvalue weighted by atomic mass is 32.1. The lowest BCUT2D eigenvalue weighted by molar-refractivity contribution is -0.118. The van der Waals surface area contributed by atoms with Crippen molar-refractivity contribution in [2.75, 3.05) is 11.4 Å². The van der Waals surface area contributed by atoms with E-state index in [1.54, 1.807) is 40.4 Å². The number of nitrogens with one attached hydrogen (secondary N) is 2. The number of hydrogen-bond acceptors (Lipinski definition) is 5. The molecule has 4 rings (SSSR count). The Hall–Kier alpha value is -2.94. The molecule has 2 amide bonds. The van der Waals surface area contributed by atoms with Crippen LogP contribution in [0.15, 0.2) is 35.4 Å². The van der Waals surface area contributed by atoms with Gasteiger partial charge >= 0.3 is 0 Å². The lowest BCUT2D eigenvalue weighted by Gasteiger charge is -2.15. The predicted molar refractivity (Wildman–Crippen MR) is 93.3 cm³/mol. The van der Waals surface area contributed by atoms with Crippen molar-refractivity contribution in [2.45, 2.75) is 12.5 Å². The van der Waals surface area contributed by atoms with E-state index >= 15 is 0 Å². The summed E-state index contributed by atoms with van der Waals surface area (Å²) in [6.45, 7) is 0.554. The number of aromatic amines is 1. The molecule has 9 heteroatoms. The summed E-state index contributed by atoms with van der Waals surface area (Å²) in [4.78, 5) is 26.8. The second-order valence-electron chi connectivity index (χ2n) is 5.85. The van der Waals surface area contributed by atoms with Crippen LogP contribution in [0.5, 0.6) is 0 Å². The Morgan fingerprint density at radius 2 is 2.32 bits per heavy atom. The molecule has 8 nitrogen and oxygen atoms in total. The number of carbonyl (C=O) groups is 2. The number of nitrogens with zero attached hydrogens (tertiary/aromatic N) is 4. The third-order valence-electron chi connectivity index (χ3n) is 4.21. The minimum atomic E-state index is -0.544. The Morgan fingerprint density at radius 3 is 3.04 bits per heavy atom. The number of H-pyrrole nitrogens is 1. The van der Waals surface area contributed by atoms with Gasteiger partial charge in [-0.25, -0.2) is 0 Å². The second-order valence-corrected chi connectivity index (χ2v) is 6.63. The Morgan fingerprint density at radius 1 is 1.44 bits per heavy atom. The maximum Gasteiger partial charge on any atom is 0.255 e. The van der Waals surface area contributed by atoms with Crippen LogP contribution in [-0.2, 0) is 11.8 Å². The maximum atomic E-state index is 12.6. The number of hydrogen-bond donors (Lipinski definition) is 2. The standard InChI is InChI=1S/C16H16N6O2S/c1-21-8-11(6-18-21)22-4-2-13(16(22)24)19-15(23)12-7-17-20-14(12)10-3-5-25-9-10/h3,5-9,13H,2,4H2,1H3,(H,17,20)(H,19,23). The second kappa shape index (κ2) is 6.17. The molecule has 0 aromatic carbocycles. The predicted octanol–water partition coefficient (Wildman–Crippen LogP) is 1.41. The molecule has 1 unspecified atom stereocenters. The van der Waals surface area contributed by atoms with Crippen LogP contribution in [-0.4, -0.2) is 44.4 Å². The molecule has 0 aliphatic carbocycles. The van der Waals surface area contributed by atoms with Gasteiger partial charge in [0.05, 0.1) is 29.3 Å². The average molecular weight is 356 g/mol. The first kappa shape index (κ1) is 15.6. The Balaban J connectivity index is 1.49. The monoisotopic (exact) mass is 356 g/mol. The van der Waals surface area contributed by atoms with Gasteiger partial charge in [0.15, 0.2) is 0 Å². The number of anilines is 1. The van der Waals surface area contributed by atoms with Gasteiger partial charge in [-0.2, -0.15) is 21.5 Å². The van der Waals surface area contributed by atoms with E-state index < -0.39 is 6.04 Å². The highest BCUT2D eigenvalue weighted by Crippen LogP contribution is 2.25. The van der Waals surface area contributed by atoms with Crippen molar-refractivity contribution in [3.05, 3.63) is 41.0 Å². The van der Waals surface area contributed by atoms with E-state index in [9.17, 15) is 9.59 Å². The number of aromatic nitrogens is 4. The fraction of sp³-hybridized carbons (Fsp3) is 0.250. The minimum Gasteiger partial charge on any atom is -0.340 e. The number of thiophene rings is 1. The van der Waals surface area contributed by atoms with Crippen molar-refractivity contribution in [2.24, 2.45) is 7.05 Å². The van der Waals surface area contributed by atoms with Gasteiger partial charge in [0, 0.05) is 30.7 Å². The molecule has 1 saturated heterocycles. The molecule has 1 aliphatic heterocycles.